The van der Waals surface area contributed by atoms with Gasteiger partial charge in [0.2, 0.25) is 0 Å². The Hall–Kier alpha value is -1.27. The van der Waals surface area contributed by atoms with Crippen LogP contribution in [0.2, 0.25) is 0 Å². The zero-order chi connectivity index (χ0) is 12.8. The molecule has 6 heteroatoms. The summed E-state index contributed by atoms with van der Waals surface area (Å²) in [6.45, 7) is 2.64. The molecule has 0 heterocycles. The summed E-state index contributed by atoms with van der Waals surface area (Å²) >= 11 is 0. The molecule has 0 saturated carbocycles. The van der Waals surface area contributed by atoms with Gasteiger partial charge in [-0.25, -0.2) is 0 Å². The minimum atomic E-state index is -0.800. The smallest absolute Gasteiger partial charge is 0.269 e. The van der Waals surface area contributed by atoms with Crippen molar-refractivity contribution in [3.63, 3.8) is 0 Å². The van der Waals surface area contributed by atoms with Crippen LogP contribution in [0.3, 0.4) is 0 Å². The van der Waals surface area contributed by atoms with E-state index in [1.165, 1.54) is 12.1 Å². The summed E-state index contributed by atoms with van der Waals surface area (Å²) in [6, 6.07) is 6.55. The third-order valence-corrected chi connectivity index (χ3v) is 3.22. The van der Waals surface area contributed by atoms with Crippen molar-refractivity contribution in [3.05, 3.63) is 39.9 Å². The maximum absolute atomic E-state index is 10.9. The first kappa shape index (κ1) is 13.8. The Labute approximate surface area is 103 Å². The van der Waals surface area contributed by atoms with Gasteiger partial charge in [0.1, 0.15) is 0 Å². The minimum Gasteiger partial charge on any atom is -0.309 e. The van der Waals surface area contributed by atoms with Gasteiger partial charge in [-0.1, -0.05) is 12.1 Å². The van der Waals surface area contributed by atoms with Crippen molar-refractivity contribution in [1.29, 1.82) is 0 Å². The minimum absolute atomic E-state index is 0.0932. The first-order valence-electron chi connectivity index (χ1n) is 5.28. The average Bonchev–Trinajstić information content (AvgIpc) is 2.28. The molecule has 1 aromatic rings. The van der Waals surface area contributed by atoms with E-state index in [-0.39, 0.29) is 11.7 Å². The molecule has 0 aromatic heterocycles. The van der Waals surface area contributed by atoms with Gasteiger partial charge in [0, 0.05) is 47.5 Å². The molecule has 2 atom stereocenters. The molecule has 0 aliphatic carbocycles. The molecule has 0 fully saturated rings. The summed E-state index contributed by atoms with van der Waals surface area (Å²) in [7, 11) is -0.800. The fourth-order valence-electron chi connectivity index (χ4n) is 1.42. The van der Waals surface area contributed by atoms with Gasteiger partial charge in [0.15, 0.2) is 0 Å². The number of nitro benzene ring substituents is 1. The van der Waals surface area contributed by atoms with Gasteiger partial charge in [-0.3, -0.25) is 14.3 Å². The SMILES string of the molecule is CC(NCCS(C)=O)c1ccc([N+](=O)[O-])cc1. The Morgan fingerprint density at radius 3 is 2.47 bits per heavy atom. The first-order chi connectivity index (χ1) is 8.00. The Kier molecular flexibility index (Phi) is 5.24. The van der Waals surface area contributed by atoms with Gasteiger partial charge in [0.25, 0.3) is 5.69 Å². The molecule has 0 radical (unpaired) electrons. The predicted molar refractivity (Wildman–Crippen MR) is 68.4 cm³/mol. The van der Waals surface area contributed by atoms with Crippen molar-refractivity contribution in [2.45, 2.75) is 13.0 Å². The lowest BCUT2D eigenvalue weighted by Gasteiger charge is -2.13. The van der Waals surface area contributed by atoms with E-state index in [9.17, 15) is 14.3 Å². The third-order valence-electron chi connectivity index (χ3n) is 2.44. The van der Waals surface area contributed by atoms with E-state index in [1.807, 2.05) is 6.92 Å². The number of hydrogen-bond donors (Lipinski definition) is 1. The fraction of sp³-hybridized carbons (Fsp3) is 0.455. The summed E-state index contributed by atoms with van der Waals surface area (Å²) in [5.41, 5.74) is 1.08. The zero-order valence-corrected chi connectivity index (χ0v) is 10.7. The molecule has 5 nitrogen and oxygen atoms in total. The molecular weight excluding hydrogens is 240 g/mol. The average molecular weight is 256 g/mol. The number of nitro groups is 1. The lowest BCUT2D eigenvalue weighted by atomic mass is 10.1. The number of hydrogen-bond acceptors (Lipinski definition) is 4. The summed E-state index contributed by atoms with van der Waals surface area (Å²) in [5.74, 6) is 0.608. The van der Waals surface area contributed by atoms with E-state index in [0.29, 0.717) is 12.3 Å². The summed E-state index contributed by atoms with van der Waals surface area (Å²) in [5, 5.41) is 13.7. The Bertz CT molecular complexity index is 406. The number of nitrogens with zero attached hydrogens (tertiary/aromatic N) is 1. The molecule has 0 bridgehead atoms. The molecule has 0 saturated heterocycles. The van der Waals surface area contributed by atoms with E-state index < -0.39 is 15.7 Å². The highest BCUT2D eigenvalue weighted by atomic mass is 32.2. The topological polar surface area (TPSA) is 72.2 Å². The fourth-order valence-corrected chi connectivity index (χ4v) is 1.83. The molecule has 1 rings (SSSR count). The maximum Gasteiger partial charge on any atom is 0.269 e. The van der Waals surface area contributed by atoms with Crippen molar-refractivity contribution in [2.24, 2.45) is 0 Å². The number of rotatable bonds is 6. The largest absolute Gasteiger partial charge is 0.309 e. The Balaban J connectivity index is 2.54. The zero-order valence-electron chi connectivity index (χ0n) is 9.88. The van der Waals surface area contributed by atoms with Crippen LogP contribution >= 0.6 is 0 Å². The first-order valence-corrected chi connectivity index (χ1v) is 7.01. The van der Waals surface area contributed by atoms with E-state index in [0.717, 1.165) is 5.56 Å². The van der Waals surface area contributed by atoms with Gasteiger partial charge < -0.3 is 5.32 Å². The highest BCUT2D eigenvalue weighted by molar-refractivity contribution is 7.84. The van der Waals surface area contributed by atoms with E-state index in [2.05, 4.69) is 5.32 Å². The standard InChI is InChI=1S/C11H16N2O3S/c1-9(12-7-8-17(2)16)10-3-5-11(6-4-10)13(14)15/h3-6,9,12H,7-8H2,1-2H3. The van der Waals surface area contributed by atoms with Crippen molar-refractivity contribution >= 4 is 16.5 Å². The van der Waals surface area contributed by atoms with Crippen LogP contribution in [0, 0.1) is 10.1 Å². The van der Waals surface area contributed by atoms with Gasteiger partial charge in [-0.15, -0.1) is 0 Å². The van der Waals surface area contributed by atoms with Crippen molar-refractivity contribution < 1.29 is 9.13 Å². The second-order valence-electron chi connectivity index (χ2n) is 3.80. The van der Waals surface area contributed by atoms with Crippen molar-refractivity contribution in [2.75, 3.05) is 18.6 Å². The molecule has 17 heavy (non-hydrogen) atoms. The van der Waals surface area contributed by atoms with Gasteiger partial charge >= 0.3 is 0 Å². The normalized spacial score (nSPS) is 14.2. The van der Waals surface area contributed by atoms with Gasteiger partial charge in [-0.05, 0) is 12.5 Å². The van der Waals surface area contributed by atoms with Crippen LogP contribution in [0.25, 0.3) is 0 Å². The van der Waals surface area contributed by atoms with Crippen LogP contribution in [-0.2, 0) is 10.8 Å². The van der Waals surface area contributed by atoms with E-state index >= 15 is 0 Å². The van der Waals surface area contributed by atoms with Crippen LogP contribution in [0.15, 0.2) is 24.3 Å². The number of benzene rings is 1. The molecule has 1 N–H and O–H groups in total. The molecular formula is C11H16N2O3S. The molecule has 0 amide bonds. The van der Waals surface area contributed by atoms with Crippen molar-refractivity contribution in [3.8, 4) is 0 Å². The van der Waals surface area contributed by atoms with E-state index in [1.54, 1.807) is 18.4 Å². The monoisotopic (exact) mass is 256 g/mol. The van der Waals surface area contributed by atoms with Crippen LogP contribution in [0.1, 0.15) is 18.5 Å². The van der Waals surface area contributed by atoms with Crippen molar-refractivity contribution in [1.82, 2.24) is 5.32 Å². The van der Waals surface area contributed by atoms with Crippen LogP contribution in [0.5, 0.6) is 0 Å². The predicted octanol–water partition coefficient (Wildman–Crippen LogP) is 1.62. The van der Waals surface area contributed by atoms with Crippen LogP contribution in [0.4, 0.5) is 5.69 Å². The number of non-ortho nitro benzene ring substituents is 1. The highest BCUT2D eigenvalue weighted by Crippen LogP contribution is 2.17. The molecule has 2 unspecified atom stereocenters. The summed E-state index contributed by atoms with van der Waals surface area (Å²) < 4.78 is 10.9. The van der Waals surface area contributed by atoms with Gasteiger partial charge in [-0.2, -0.15) is 0 Å². The summed E-state index contributed by atoms with van der Waals surface area (Å²) in [4.78, 5) is 10.1. The van der Waals surface area contributed by atoms with Crippen LogP contribution in [-0.4, -0.2) is 27.7 Å². The quantitative estimate of drug-likeness (QED) is 0.620. The molecule has 0 aliphatic rings. The van der Waals surface area contributed by atoms with E-state index in [4.69, 9.17) is 0 Å². The Morgan fingerprint density at radius 2 is 2.00 bits per heavy atom. The molecule has 94 valence electrons. The maximum atomic E-state index is 10.9. The molecule has 1 aromatic carbocycles. The lowest BCUT2D eigenvalue weighted by Crippen LogP contribution is -2.23. The Morgan fingerprint density at radius 1 is 1.41 bits per heavy atom. The highest BCUT2D eigenvalue weighted by Gasteiger charge is 2.08. The summed E-state index contributed by atoms with van der Waals surface area (Å²) in [6.07, 6.45) is 1.66. The van der Waals surface area contributed by atoms with Crippen LogP contribution < -0.4 is 5.32 Å². The molecule has 0 aliphatic heterocycles. The number of nitrogens with one attached hydrogen (secondary N) is 1. The third kappa shape index (κ3) is 4.62. The lowest BCUT2D eigenvalue weighted by molar-refractivity contribution is -0.384. The molecule has 0 spiro atoms. The second kappa shape index (κ2) is 6.46. The van der Waals surface area contributed by atoms with Gasteiger partial charge in [0.05, 0.1) is 4.92 Å². The second-order valence-corrected chi connectivity index (χ2v) is 5.36.